The Labute approximate surface area is 213 Å². The fourth-order valence-corrected chi connectivity index (χ4v) is 3.18. The molecule has 0 unspecified atom stereocenters. The summed E-state index contributed by atoms with van der Waals surface area (Å²) in [6, 6.07) is 6.41. The summed E-state index contributed by atoms with van der Waals surface area (Å²) in [6.07, 6.45) is 3.85. The van der Waals surface area contributed by atoms with E-state index in [0.29, 0.717) is 22.8 Å². The number of nitrogens with one attached hydrogen (secondary N) is 2. The molecule has 2 N–H and O–H groups in total. The fraction of sp³-hybridized carbons (Fsp3) is 0.0526. The zero-order chi connectivity index (χ0) is 19.6. The number of benzene rings is 2. The van der Waals surface area contributed by atoms with Crippen molar-refractivity contribution >= 4 is 58.0 Å². The van der Waals surface area contributed by atoms with Crippen LogP contribution in [0.2, 0.25) is 10.0 Å². The fourth-order valence-electron chi connectivity index (χ4n) is 2.62. The number of nitrogens with zero attached hydrogens (tertiary/aromatic N) is 1. The molecule has 0 atom stereocenters. The second-order valence-corrected chi connectivity index (χ2v) is 6.39. The maximum atomic E-state index is 13.7. The third kappa shape index (κ3) is 4.86. The van der Waals surface area contributed by atoms with Crippen molar-refractivity contribution in [2.45, 2.75) is 0 Å². The van der Waals surface area contributed by atoms with Crippen LogP contribution in [-0.4, -0.2) is 18.3 Å². The monoisotopic (exact) mass is 443 g/mol. The molecule has 138 valence electrons. The van der Waals surface area contributed by atoms with Crippen LogP contribution in [0.1, 0.15) is 15.9 Å². The van der Waals surface area contributed by atoms with E-state index in [9.17, 15) is 14.3 Å². The van der Waals surface area contributed by atoms with Gasteiger partial charge in [0.2, 0.25) is 0 Å². The van der Waals surface area contributed by atoms with Crippen LogP contribution in [-0.2, 0) is 0 Å². The molecule has 0 spiro atoms. The SMILES string of the molecule is CN/C=C\c1c(Nc2c(Cl)cc([O-])cc2Cl)nc2ccc(F)cc2c1C=O.[K+]. The van der Waals surface area contributed by atoms with Gasteiger partial charge in [0.05, 0.1) is 21.2 Å². The average Bonchev–Trinajstić information content (AvgIpc) is 2.62. The summed E-state index contributed by atoms with van der Waals surface area (Å²) in [4.78, 5) is 16.2. The first kappa shape index (κ1) is 23.1. The summed E-state index contributed by atoms with van der Waals surface area (Å²) in [5, 5.41) is 17.9. The van der Waals surface area contributed by atoms with Crippen molar-refractivity contribution in [3.63, 3.8) is 0 Å². The van der Waals surface area contributed by atoms with Crippen LogP contribution in [0, 0.1) is 5.82 Å². The number of carbonyl (C=O) groups is 1. The molecule has 28 heavy (non-hydrogen) atoms. The Morgan fingerprint density at radius 1 is 1.14 bits per heavy atom. The van der Waals surface area contributed by atoms with E-state index in [1.165, 1.54) is 30.3 Å². The van der Waals surface area contributed by atoms with Crippen LogP contribution in [0.5, 0.6) is 5.75 Å². The molecule has 0 saturated heterocycles. The topological polar surface area (TPSA) is 77.1 Å². The summed E-state index contributed by atoms with van der Waals surface area (Å²) in [5.74, 6) is -0.527. The smallest absolute Gasteiger partial charge is 0.872 e. The van der Waals surface area contributed by atoms with E-state index in [1.54, 1.807) is 19.3 Å². The van der Waals surface area contributed by atoms with E-state index in [1.807, 2.05) is 0 Å². The maximum absolute atomic E-state index is 13.7. The normalized spacial score (nSPS) is 10.7. The summed E-state index contributed by atoms with van der Waals surface area (Å²) < 4.78 is 13.7. The molecule has 0 bridgehead atoms. The number of anilines is 2. The molecular formula is C19H13Cl2FKN3O2. The van der Waals surface area contributed by atoms with E-state index >= 15 is 0 Å². The Kier molecular flexibility index (Phi) is 8.26. The Bertz CT molecular complexity index is 1050. The predicted octanol–water partition coefficient (Wildman–Crippen LogP) is 1.50. The molecule has 0 fully saturated rings. The van der Waals surface area contributed by atoms with Gasteiger partial charge < -0.3 is 15.7 Å². The van der Waals surface area contributed by atoms with Crippen molar-refractivity contribution in [3.8, 4) is 5.75 Å². The van der Waals surface area contributed by atoms with Crippen LogP contribution >= 0.6 is 23.2 Å². The van der Waals surface area contributed by atoms with E-state index < -0.39 is 5.82 Å². The molecule has 0 aliphatic heterocycles. The van der Waals surface area contributed by atoms with Gasteiger partial charge >= 0.3 is 51.4 Å². The number of carbonyl (C=O) groups excluding carboxylic acids is 1. The van der Waals surface area contributed by atoms with Crippen molar-refractivity contribution in [2.24, 2.45) is 0 Å². The molecule has 0 amide bonds. The van der Waals surface area contributed by atoms with Gasteiger partial charge in [0, 0.05) is 23.6 Å². The molecule has 3 aromatic rings. The third-order valence-electron chi connectivity index (χ3n) is 3.82. The molecule has 0 saturated carbocycles. The largest absolute Gasteiger partial charge is 1.00 e. The first-order chi connectivity index (χ1) is 12.9. The van der Waals surface area contributed by atoms with Crippen molar-refractivity contribution in [2.75, 3.05) is 12.4 Å². The minimum absolute atomic E-state index is 0. The molecule has 3 rings (SSSR count). The summed E-state index contributed by atoms with van der Waals surface area (Å²) in [7, 11) is 1.69. The Hall–Kier alpha value is -1.19. The summed E-state index contributed by atoms with van der Waals surface area (Å²) in [6.45, 7) is 0. The molecule has 1 heterocycles. The summed E-state index contributed by atoms with van der Waals surface area (Å²) >= 11 is 12.3. The number of hydrogen-bond acceptors (Lipinski definition) is 5. The van der Waals surface area contributed by atoms with Crippen LogP contribution in [0.25, 0.3) is 17.0 Å². The first-order valence-corrected chi connectivity index (χ1v) is 8.55. The van der Waals surface area contributed by atoms with Crippen LogP contribution in [0.3, 0.4) is 0 Å². The number of pyridine rings is 1. The van der Waals surface area contributed by atoms with Gasteiger partial charge in [-0.1, -0.05) is 23.2 Å². The van der Waals surface area contributed by atoms with Gasteiger partial charge in [-0.2, -0.15) is 0 Å². The molecule has 1 aromatic heterocycles. The first-order valence-electron chi connectivity index (χ1n) is 7.80. The van der Waals surface area contributed by atoms with Crippen LogP contribution < -0.4 is 67.1 Å². The van der Waals surface area contributed by atoms with Gasteiger partial charge in [0.15, 0.2) is 6.29 Å². The minimum Gasteiger partial charge on any atom is -0.872 e. The molecule has 0 aliphatic rings. The number of aromatic nitrogens is 1. The molecule has 0 aliphatic carbocycles. The minimum atomic E-state index is -0.478. The average molecular weight is 444 g/mol. The van der Waals surface area contributed by atoms with E-state index in [0.717, 1.165) is 0 Å². The predicted molar refractivity (Wildman–Crippen MR) is 104 cm³/mol. The molecule has 0 radical (unpaired) electrons. The number of hydrogen-bond donors (Lipinski definition) is 2. The van der Waals surface area contributed by atoms with Gasteiger partial charge in [-0.05, 0) is 42.6 Å². The Morgan fingerprint density at radius 2 is 1.82 bits per heavy atom. The molecule has 2 aromatic carbocycles. The number of halogens is 3. The van der Waals surface area contributed by atoms with Crippen molar-refractivity contribution in [1.29, 1.82) is 0 Å². The van der Waals surface area contributed by atoms with Gasteiger partial charge in [-0.25, -0.2) is 9.37 Å². The van der Waals surface area contributed by atoms with Crippen molar-refractivity contribution in [3.05, 3.63) is 63.5 Å². The van der Waals surface area contributed by atoms with Gasteiger partial charge in [-0.3, -0.25) is 4.79 Å². The zero-order valence-electron chi connectivity index (χ0n) is 15.0. The van der Waals surface area contributed by atoms with Gasteiger partial charge in [0.25, 0.3) is 0 Å². The molecule has 9 heteroatoms. The quantitative estimate of drug-likeness (QED) is 0.461. The Morgan fingerprint density at radius 3 is 2.43 bits per heavy atom. The molecule has 5 nitrogen and oxygen atoms in total. The standard InChI is InChI=1S/C19H14Cl2FN3O2.K/c1-23-5-4-12-14(9-26)13-6-10(22)2-3-17(13)24-19(12)25-18-15(20)7-11(27)8-16(18)21;/h2-9,23,27H,1H3,(H,24,25);/q;+1/p-1/b5-4-;. The zero-order valence-corrected chi connectivity index (χ0v) is 19.7. The Balaban J connectivity index is 0.00000280. The van der Waals surface area contributed by atoms with Gasteiger partial charge in [-0.15, -0.1) is 5.75 Å². The van der Waals surface area contributed by atoms with E-state index in [-0.39, 0.29) is 84.2 Å². The number of aldehydes is 1. The van der Waals surface area contributed by atoms with Crippen LogP contribution in [0.15, 0.2) is 36.5 Å². The molecular weight excluding hydrogens is 431 g/mol. The van der Waals surface area contributed by atoms with E-state index in [2.05, 4.69) is 15.6 Å². The second kappa shape index (κ2) is 10.0. The van der Waals surface area contributed by atoms with Crippen LogP contribution in [0.4, 0.5) is 15.9 Å². The number of rotatable bonds is 5. The summed E-state index contributed by atoms with van der Waals surface area (Å²) in [5.41, 5.74) is 1.36. The second-order valence-electron chi connectivity index (χ2n) is 5.58. The van der Waals surface area contributed by atoms with Gasteiger partial charge in [0.1, 0.15) is 11.6 Å². The van der Waals surface area contributed by atoms with E-state index in [4.69, 9.17) is 23.2 Å². The van der Waals surface area contributed by atoms with Crippen molar-refractivity contribution < 1.29 is 65.7 Å². The maximum Gasteiger partial charge on any atom is 1.00 e. The number of fused-ring (bicyclic) bond motifs is 1. The van der Waals surface area contributed by atoms with Crippen molar-refractivity contribution in [1.82, 2.24) is 10.3 Å². The third-order valence-corrected chi connectivity index (χ3v) is 4.42.